The lowest BCUT2D eigenvalue weighted by Gasteiger charge is -2.13. The minimum atomic E-state index is -0.938. The number of aromatic amines is 1. The number of halogens is 2. The highest BCUT2D eigenvalue weighted by Crippen LogP contribution is 2.26. The van der Waals surface area contributed by atoms with E-state index in [1.54, 1.807) is 45.0 Å². The number of Topliss-reactive ketones (excluding diaryl/α,β-unsaturated/α-hetero) is 1. The Morgan fingerprint density at radius 1 is 1.14 bits per heavy atom. The molecule has 0 bridgehead atoms. The van der Waals surface area contributed by atoms with Crippen LogP contribution in [-0.2, 0) is 4.74 Å². The first-order valence-electron chi connectivity index (χ1n) is 10.7. The molecule has 0 aliphatic rings. The van der Waals surface area contributed by atoms with Crippen molar-refractivity contribution in [2.45, 2.75) is 25.9 Å². The van der Waals surface area contributed by atoms with Crippen molar-refractivity contribution in [2.24, 2.45) is 0 Å². The molecule has 0 fully saturated rings. The molecule has 1 N–H and O–H groups in total. The maximum absolute atomic E-state index is 14.6. The molecule has 0 aliphatic carbocycles. The average Bonchev–Trinajstić information content (AvgIpc) is 3.12. The van der Waals surface area contributed by atoms with Crippen LogP contribution in [0.3, 0.4) is 0 Å². The van der Waals surface area contributed by atoms with Crippen LogP contribution < -0.4 is 5.56 Å². The number of aromatic nitrogens is 3. The third-order valence-corrected chi connectivity index (χ3v) is 6.36. The first kappa shape index (κ1) is 24.3. The summed E-state index contributed by atoms with van der Waals surface area (Å²) in [4.78, 5) is 46.0. The Morgan fingerprint density at radius 3 is 2.60 bits per heavy atom. The molecular weight excluding hydrogens is 476 g/mol. The van der Waals surface area contributed by atoms with E-state index in [-0.39, 0.29) is 40.1 Å². The topological polar surface area (TPSA) is 94.1 Å². The number of ketones is 1. The van der Waals surface area contributed by atoms with E-state index < -0.39 is 23.2 Å². The lowest BCUT2D eigenvalue weighted by atomic mass is 10.1. The quantitative estimate of drug-likeness (QED) is 0.171. The maximum Gasteiger partial charge on any atom is 0.340 e. The Bertz CT molecular complexity index is 1530. The highest BCUT2D eigenvalue weighted by Gasteiger charge is 2.24. The smallest absolute Gasteiger partial charge is 0.340 e. The largest absolute Gasteiger partial charge is 0.462 e. The Balaban J connectivity index is 1.73. The molecule has 7 nitrogen and oxygen atoms in total. The van der Waals surface area contributed by atoms with E-state index in [2.05, 4.69) is 9.97 Å². The van der Waals surface area contributed by atoms with Crippen LogP contribution in [-0.4, -0.2) is 38.6 Å². The highest BCUT2D eigenvalue weighted by molar-refractivity contribution is 7.99. The number of hydrogen-bond acceptors (Lipinski definition) is 6. The molecule has 4 rings (SSSR count). The van der Waals surface area contributed by atoms with E-state index in [0.717, 1.165) is 28.5 Å². The Labute approximate surface area is 203 Å². The number of H-pyrrole nitrogens is 1. The number of nitrogens with zero attached hydrogens (tertiary/aromatic N) is 2. The van der Waals surface area contributed by atoms with E-state index in [1.165, 1.54) is 0 Å². The normalized spacial score (nSPS) is 11.1. The summed E-state index contributed by atoms with van der Waals surface area (Å²) >= 11 is 0.935. The van der Waals surface area contributed by atoms with Gasteiger partial charge in [-0.25, -0.2) is 18.6 Å². The number of aryl methyl sites for hydroxylation is 1. The predicted octanol–water partition coefficient (Wildman–Crippen LogP) is 4.76. The molecule has 2 heterocycles. The molecular formula is C25H21F2N3O4S. The van der Waals surface area contributed by atoms with Crippen molar-refractivity contribution in [3.05, 3.63) is 87.0 Å². The SMILES string of the molecule is CCOC(=O)c1c(C)[nH]c(C(=O)CSc2nc3ccccc3c(=O)n2-c2ccc(F)cc2F)c1C. The van der Waals surface area contributed by atoms with Gasteiger partial charge in [-0.2, -0.15) is 0 Å². The molecule has 10 heteroatoms. The van der Waals surface area contributed by atoms with Crippen LogP contribution in [0.1, 0.15) is 39.0 Å². The van der Waals surface area contributed by atoms with Gasteiger partial charge >= 0.3 is 5.97 Å². The number of ether oxygens (including phenoxy) is 1. The molecule has 180 valence electrons. The summed E-state index contributed by atoms with van der Waals surface area (Å²) in [6.07, 6.45) is 0. The van der Waals surface area contributed by atoms with Crippen LogP contribution in [0, 0.1) is 25.5 Å². The summed E-state index contributed by atoms with van der Waals surface area (Å²) in [6, 6.07) is 9.44. The Kier molecular flexibility index (Phi) is 6.83. The number of fused-ring (bicyclic) bond motifs is 1. The fraction of sp³-hybridized carbons (Fsp3) is 0.200. The van der Waals surface area contributed by atoms with Crippen LogP contribution in [0.5, 0.6) is 0 Å². The summed E-state index contributed by atoms with van der Waals surface area (Å²) in [5.74, 6) is -2.75. The second-order valence-corrected chi connectivity index (χ2v) is 8.65. The molecule has 0 saturated heterocycles. The fourth-order valence-electron chi connectivity index (χ4n) is 3.82. The highest BCUT2D eigenvalue weighted by atomic mass is 32.2. The van der Waals surface area contributed by atoms with E-state index in [4.69, 9.17) is 4.74 Å². The fourth-order valence-corrected chi connectivity index (χ4v) is 4.70. The molecule has 2 aromatic heterocycles. The van der Waals surface area contributed by atoms with Crippen LogP contribution in [0.15, 0.2) is 52.4 Å². The van der Waals surface area contributed by atoms with Gasteiger partial charge in [0.1, 0.15) is 11.6 Å². The number of carbonyl (C=O) groups excluding carboxylic acids is 2. The molecule has 4 aromatic rings. The maximum atomic E-state index is 14.6. The zero-order valence-electron chi connectivity index (χ0n) is 19.1. The molecule has 0 atom stereocenters. The van der Waals surface area contributed by atoms with Gasteiger partial charge in [0.2, 0.25) is 0 Å². The van der Waals surface area contributed by atoms with Crippen molar-refractivity contribution in [1.82, 2.24) is 14.5 Å². The number of para-hydroxylation sites is 1. The van der Waals surface area contributed by atoms with Gasteiger partial charge in [0, 0.05) is 11.8 Å². The zero-order chi connectivity index (χ0) is 25.3. The van der Waals surface area contributed by atoms with Crippen LogP contribution in [0.4, 0.5) is 8.78 Å². The van der Waals surface area contributed by atoms with E-state index in [0.29, 0.717) is 28.4 Å². The summed E-state index contributed by atoms with van der Waals surface area (Å²) in [5, 5.41) is 0.320. The third-order valence-electron chi connectivity index (χ3n) is 5.42. The molecule has 0 amide bonds. The number of hydrogen-bond donors (Lipinski definition) is 1. The lowest BCUT2D eigenvalue weighted by Crippen LogP contribution is -2.23. The standard InChI is InChI=1S/C25H21F2N3O4S/c1-4-34-24(33)21-13(2)22(28-14(21)3)20(31)12-35-25-29-18-8-6-5-7-16(18)23(32)30(25)19-10-9-15(26)11-17(19)27/h5-11,28H,4,12H2,1-3H3. The van der Waals surface area contributed by atoms with Crippen molar-refractivity contribution < 1.29 is 23.1 Å². The van der Waals surface area contributed by atoms with Crippen LogP contribution >= 0.6 is 11.8 Å². The van der Waals surface area contributed by atoms with Gasteiger partial charge in [-0.3, -0.25) is 14.2 Å². The summed E-state index contributed by atoms with van der Waals surface area (Å²) in [7, 11) is 0. The molecule has 0 unspecified atom stereocenters. The van der Waals surface area contributed by atoms with Gasteiger partial charge < -0.3 is 9.72 Å². The first-order chi connectivity index (χ1) is 16.7. The van der Waals surface area contributed by atoms with Gasteiger partial charge in [-0.05, 0) is 50.6 Å². The van der Waals surface area contributed by atoms with Crippen molar-refractivity contribution in [2.75, 3.05) is 12.4 Å². The van der Waals surface area contributed by atoms with Gasteiger partial charge in [0.15, 0.2) is 10.9 Å². The van der Waals surface area contributed by atoms with Crippen molar-refractivity contribution >= 4 is 34.4 Å². The van der Waals surface area contributed by atoms with Crippen molar-refractivity contribution in [1.29, 1.82) is 0 Å². The number of benzene rings is 2. The molecule has 0 aliphatic heterocycles. The molecule has 2 aromatic carbocycles. The number of thioether (sulfide) groups is 1. The van der Waals surface area contributed by atoms with Crippen molar-refractivity contribution in [3.8, 4) is 5.69 Å². The Hall–Kier alpha value is -3.79. The second kappa shape index (κ2) is 9.83. The molecule has 0 saturated carbocycles. The van der Waals surface area contributed by atoms with E-state index in [9.17, 15) is 23.2 Å². The number of rotatable bonds is 7. The van der Waals surface area contributed by atoms with E-state index in [1.807, 2.05) is 0 Å². The first-order valence-corrected chi connectivity index (χ1v) is 11.7. The minimum Gasteiger partial charge on any atom is -0.462 e. The van der Waals surface area contributed by atoms with Gasteiger partial charge in [-0.15, -0.1) is 0 Å². The molecule has 0 radical (unpaired) electrons. The zero-order valence-corrected chi connectivity index (χ0v) is 20.0. The predicted molar refractivity (Wildman–Crippen MR) is 129 cm³/mol. The molecule has 35 heavy (non-hydrogen) atoms. The average molecular weight is 498 g/mol. The number of esters is 1. The number of carbonyl (C=O) groups is 2. The van der Waals surface area contributed by atoms with Gasteiger partial charge in [0.25, 0.3) is 5.56 Å². The Morgan fingerprint density at radius 2 is 1.89 bits per heavy atom. The second-order valence-electron chi connectivity index (χ2n) is 7.71. The summed E-state index contributed by atoms with van der Waals surface area (Å²) < 4.78 is 34.3. The third kappa shape index (κ3) is 4.61. The summed E-state index contributed by atoms with van der Waals surface area (Å²) in [6.45, 7) is 5.21. The lowest BCUT2D eigenvalue weighted by molar-refractivity contribution is 0.0525. The van der Waals surface area contributed by atoms with Crippen molar-refractivity contribution in [3.63, 3.8) is 0 Å². The summed E-state index contributed by atoms with van der Waals surface area (Å²) in [5.41, 5.74) is 1.15. The van der Waals surface area contributed by atoms with Gasteiger partial charge in [-0.1, -0.05) is 23.9 Å². The van der Waals surface area contributed by atoms with Crippen LogP contribution in [0.25, 0.3) is 16.6 Å². The number of nitrogens with one attached hydrogen (secondary N) is 1. The monoisotopic (exact) mass is 497 g/mol. The van der Waals surface area contributed by atoms with Gasteiger partial charge in [0.05, 0.1) is 40.2 Å². The molecule has 0 spiro atoms. The minimum absolute atomic E-state index is 0.0686. The van der Waals surface area contributed by atoms with E-state index >= 15 is 0 Å². The van der Waals surface area contributed by atoms with Crippen LogP contribution in [0.2, 0.25) is 0 Å².